The molecule has 0 aromatic carbocycles. The number of carboxylic acid groups (broad SMARTS) is 1. The van der Waals surface area contributed by atoms with Crippen LogP contribution in [-0.4, -0.2) is 28.6 Å². The van der Waals surface area contributed by atoms with E-state index in [-0.39, 0.29) is 25.2 Å². The summed E-state index contributed by atoms with van der Waals surface area (Å²) in [6.07, 6.45) is 0.991. The Morgan fingerprint density at radius 3 is 2.58 bits per heavy atom. The molecule has 0 amide bonds. The molecule has 1 unspecified atom stereocenters. The third-order valence-corrected chi connectivity index (χ3v) is 2.46. The lowest BCUT2D eigenvalue weighted by Crippen LogP contribution is -2.29. The Morgan fingerprint density at radius 1 is 1.58 bits per heavy atom. The minimum atomic E-state index is -0.966. The molecule has 2 N–H and O–H groups in total. The molecule has 1 aliphatic carbocycles. The summed E-state index contributed by atoms with van der Waals surface area (Å²) in [6.45, 7) is -0.167. The first-order valence-electron chi connectivity index (χ1n) is 3.97. The molecule has 4 heteroatoms. The first-order chi connectivity index (χ1) is 5.60. The summed E-state index contributed by atoms with van der Waals surface area (Å²) in [4.78, 5) is 21.7. The van der Waals surface area contributed by atoms with Gasteiger partial charge in [-0.15, -0.1) is 0 Å². The van der Waals surface area contributed by atoms with Crippen molar-refractivity contribution in [1.29, 1.82) is 0 Å². The van der Waals surface area contributed by atoms with Crippen LogP contribution in [0.4, 0.5) is 0 Å². The summed E-state index contributed by atoms with van der Waals surface area (Å²) in [7, 11) is 0. The number of hydrogen-bond acceptors (Lipinski definition) is 3. The first-order valence-corrected chi connectivity index (χ1v) is 3.97. The molecule has 1 atom stereocenters. The molecule has 0 aromatic rings. The summed E-state index contributed by atoms with van der Waals surface area (Å²) in [5.41, 5.74) is -0.966. The zero-order valence-corrected chi connectivity index (χ0v) is 6.75. The maximum Gasteiger partial charge on any atom is 0.310 e. The molecule has 1 fully saturated rings. The van der Waals surface area contributed by atoms with Crippen LogP contribution < -0.4 is 0 Å². The van der Waals surface area contributed by atoms with Gasteiger partial charge in [-0.2, -0.15) is 0 Å². The molecule has 0 aliphatic heterocycles. The summed E-state index contributed by atoms with van der Waals surface area (Å²) in [5.74, 6) is -0.965. The van der Waals surface area contributed by atoms with E-state index in [1.165, 1.54) is 0 Å². The van der Waals surface area contributed by atoms with Crippen molar-refractivity contribution in [2.75, 3.05) is 6.61 Å². The minimum Gasteiger partial charge on any atom is -0.481 e. The molecular weight excluding hydrogens is 160 g/mol. The average molecular weight is 172 g/mol. The predicted molar refractivity (Wildman–Crippen MR) is 40.6 cm³/mol. The molecule has 0 bridgehead atoms. The molecule has 0 aromatic heterocycles. The molecule has 1 rings (SSSR count). The van der Waals surface area contributed by atoms with Crippen molar-refractivity contribution in [3.8, 4) is 0 Å². The van der Waals surface area contributed by atoms with Gasteiger partial charge in [0.05, 0.1) is 5.41 Å². The van der Waals surface area contributed by atoms with Gasteiger partial charge < -0.3 is 10.2 Å². The molecule has 0 heterocycles. The van der Waals surface area contributed by atoms with Gasteiger partial charge >= 0.3 is 5.97 Å². The number of hydrogen-bond donors (Lipinski definition) is 2. The standard InChI is InChI=1S/C8H12O4/c9-4-3-8(7(11)12)2-1-6(10)5-8/h9H,1-5H2,(H,11,12). The molecule has 12 heavy (non-hydrogen) atoms. The van der Waals surface area contributed by atoms with E-state index in [4.69, 9.17) is 10.2 Å². The number of aliphatic carboxylic acids is 1. The number of ketones is 1. The second kappa shape index (κ2) is 3.23. The van der Waals surface area contributed by atoms with Crippen molar-refractivity contribution in [1.82, 2.24) is 0 Å². The quantitative estimate of drug-likeness (QED) is 0.637. The van der Waals surface area contributed by atoms with Crippen molar-refractivity contribution in [2.24, 2.45) is 5.41 Å². The van der Waals surface area contributed by atoms with E-state index in [1.807, 2.05) is 0 Å². The van der Waals surface area contributed by atoms with Crippen molar-refractivity contribution in [3.05, 3.63) is 0 Å². The summed E-state index contributed by atoms with van der Waals surface area (Å²) < 4.78 is 0. The predicted octanol–water partition coefficient (Wildman–Crippen LogP) is 0.193. The fourth-order valence-electron chi connectivity index (χ4n) is 1.65. The van der Waals surface area contributed by atoms with E-state index in [2.05, 4.69) is 0 Å². The summed E-state index contributed by atoms with van der Waals surface area (Å²) in [6, 6.07) is 0. The molecule has 4 nitrogen and oxygen atoms in total. The van der Waals surface area contributed by atoms with Crippen LogP contribution in [0, 0.1) is 5.41 Å². The van der Waals surface area contributed by atoms with Crippen LogP contribution >= 0.6 is 0 Å². The van der Waals surface area contributed by atoms with Crippen LogP contribution in [0.1, 0.15) is 25.7 Å². The smallest absolute Gasteiger partial charge is 0.310 e. The number of carboxylic acids is 1. The highest BCUT2D eigenvalue weighted by Crippen LogP contribution is 2.39. The Labute approximate surface area is 70.2 Å². The third-order valence-electron chi connectivity index (χ3n) is 2.46. The minimum absolute atomic E-state index is 0.00847. The normalized spacial score (nSPS) is 29.2. The number of carbonyl (C=O) groups is 2. The molecule has 1 aliphatic rings. The maximum absolute atomic E-state index is 10.9. The van der Waals surface area contributed by atoms with Crippen LogP contribution in [0.15, 0.2) is 0 Å². The number of Topliss-reactive ketones (excluding diaryl/α,β-unsaturated/α-hetero) is 1. The number of rotatable bonds is 3. The largest absolute Gasteiger partial charge is 0.481 e. The molecule has 1 saturated carbocycles. The number of aliphatic hydroxyl groups excluding tert-OH is 1. The lowest BCUT2D eigenvalue weighted by Gasteiger charge is -2.20. The highest BCUT2D eigenvalue weighted by Gasteiger charge is 2.44. The molecular formula is C8H12O4. The Kier molecular flexibility index (Phi) is 2.47. The second-order valence-electron chi connectivity index (χ2n) is 3.27. The van der Waals surface area contributed by atoms with Crippen molar-refractivity contribution < 1.29 is 19.8 Å². The lowest BCUT2D eigenvalue weighted by molar-refractivity contribution is -0.150. The van der Waals surface area contributed by atoms with Crippen molar-refractivity contribution >= 4 is 11.8 Å². The molecule has 0 radical (unpaired) electrons. The van der Waals surface area contributed by atoms with Gasteiger partial charge in [0.1, 0.15) is 5.78 Å². The Bertz CT molecular complexity index is 211. The fraction of sp³-hybridized carbons (Fsp3) is 0.750. The Balaban J connectivity index is 2.74. The average Bonchev–Trinajstić information content (AvgIpc) is 2.34. The van der Waals surface area contributed by atoms with E-state index >= 15 is 0 Å². The van der Waals surface area contributed by atoms with E-state index in [0.29, 0.717) is 12.8 Å². The van der Waals surface area contributed by atoms with Gasteiger partial charge in [-0.05, 0) is 12.8 Å². The highest BCUT2D eigenvalue weighted by molar-refractivity contribution is 5.89. The maximum atomic E-state index is 10.9. The van der Waals surface area contributed by atoms with Gasteiger partial charge in [0, 0.05) is 19.4 Å². The van der Waals surface area contributed by atoms with E-state index < -0.39 is 11.4 Å². The Hall–Kier alpha value is -0.900. The van der Waals surface area contributed by atoms with E-state index in [1.54, 1.807) is 0 Å². The van der Waals surface area contributed by atoms with Crippen molar-refractivity contribution in [2.45, 2.75) is 25.7 Å². The van der Waals surface area contributed by atoms with Crippen LogP contribution in [0.2, 0.25) is 0 Å². The van der Waals surface area contributed by atoms with Crippen molar-refractivity contribution in [3.63, 3.8) is 0 Å². The van der Waals surface area contributed by atoms with Crippen LogP contribution in [-0.2, 0) is 9.59 Å². The zero-order valence-electron chi connectivity index (χ0n) is 6.75. The van der Waals surface area contributed by atoms with Gasteiger partial charge in [0.25, 0.3) is 0 Å². The van der Waals surface area contributed by atoms with Gasteiger partial charge in [0.15, 0.2) is 0 Å². The van der Waals surface area contributed by atoms with E-state index in [0.717, 1.165) is 0 Å². The topological polar surface area (TPSA) is 74.6 Å². The first kappa shape index (κ1) is 9.19. The van der Waals surface area contributed by atoms with Gasteiger partial charge in [-0.1, -0.05) is 0 Å². The number of aliphatic hydroxyl groups is 1. The van der Waals surface area contributed by atoms with Crippen LogP contribution in [0.5, 0.6) is 0 Å². The number of carbonyl (C=O) groups excluding carboxylic acids is 1. The summed E-state index contributed by atoms with van der Waals surface area (Å²) in [5, 5.41) is 17.5. The zero-order chi connectivity index (χ0) is 9.19. The van der Waals surface area contributed by atoms with Gasteiger partial charge in [0.2, 0.25) is 0 Å². The van der Waals surface area contributed by atoms with Crippen LogP contribution in [0.3, 0.4) is 0 Å². The van der Waals surface area contributed by atoms with Crippen LogP contribution in [0.25, 0.3) is 0 Å². The monoisotopic (exact) mass is 172 g/mol. The lowest BCUT2D eigenvalue weighted by atomic mass is 9.83. The van der Waals surface area contributed by atoms with Gasteiger partial charge in [-0.3, -0.25) is 9.59 Å². The van der Waals surface area contributed by atoms with Gasteiger partial charge in [-0.25, -0.2) is 0 Å². The second-order valence-corrected chi connectivity index (χ2v) is 3.27. The highest BCUT2D eigenvalue weighted by atomic mass is 16.4. The molecule has 68 valence electrons. The fourth-order valence-corrected chi connectivity index (χ4v) is 1.65. The summed E-state index contributed by atoms with van der Waals surface area (Å²) >= 11 is 0. The SMILES string of the molecule is O=C1CCC(CCO)(C(=O)O)C1. The third kappa shape index (κ3) is 1.48. The van der Waals surface area contributed by atoms with E-state index in [9.17, 15) is 9.59 Å². The molecule has 0 saturated heterocycles. The Morgan fingerprint density at radius 2 is 2.25 bits per heavy atom. The molecule has 0 spiro atoms.